The normalized spacial score (nSPS) is 14.4. The number of hydrogen-bond donors (Lipinski definition) is 0. The Morgan fingerprint density at radius 1 is 1.03 bits per heavy atom. The van der Waals surface area contributed by atoms with E-state index in [2.05, 4.69) is 0 Å². The van der Waals surface area contributed by atoms with Crippen LogP contribution in [0.3, 0.4) is 0 Å². The minimum Gasteiger partial charge on any atom is -0.497 e. The molecule has 3 aromatic rings. The van der Waals surface area contributed by atoms with Gasteiger partial charge in [0.25, 0.3) is 0 Å². The molecule has 6 nitrogen and oxygen atoms in total. The van der Waals surface area contributed by atoms with Gasteiger partial charge < -0.3 is 23.5 Å². The minimum atomic E-state index is 0.0524. The molecule has 1 fully saturated rings. The van der Waals surface area contributed by atoms with E-state index in [1.54, 1.807) is 26.6 Å². The number of furan rings is 1. The van der Waals surface area contributed by atoms with E-state index in [1.807, 2.05) is 49.1 Å². The lowest BCUT2D eigenvalue weighted by Crippen LogP contribution is -2.34. The Labute approximate surface area is 194 Å². The summed E-state index contributed by atoms with van der Waals surface area (Å²) in [6.45, 7) is 6.06. The largest absolute Gasteiger partial charge is 0.497 e. The van der Waals surface area contributed by atoms with Crippen molar-refractivity contribution in [3.8, 4) is 28.4 Å². The summed E-state index contributed by atoms with van der Waals surface area (Å²) in [5.41, 5.74) is 4.20. The fourth-order valence-corrected chi connectivity index (χ4v) is 4.34. The number of carbonyl (C=O) groups excluding carboxylic acids is 1. The molecule has 0 aliphatic carbocycles. The Balaban J connectivity index is 1.81. The van der Waals surface area contributed by atoms with Gasteiger partial charge in [-0.1, -0.05) is 0 Å². The van der Waals surface area contributed by atoms with E-state index in [0.717, 1.165) is 65.1 Å². The molecule has 1 amide bonds. The second-order valence-corrected chi connectivity index (χ2v) is 8.21. The van der Waals surface area contributed by atoms with Crippen LogP contribution in [-0.2, 0) is 4.79 Å². The molecule has 1 aliphatic rings. The molecule has 33 heavy (non-hydrogen) atoms. The average molecular weight is 450 g/mol. The monoisotopic (exact) mass is 449 g/mol. The van der Waals surface area contributed by atoms with Crippen molar-refractivity contribution in [3.05, 3.63) is 48.2 Å². The summed E-state index contributed by atoms with van der Waals surface area (Å²) in [7, 11) is 3.28. The molecule has 4 rings (SSSR count). The summed E-state index contributed by atoms with van der Waals surface area (Å²) in [5.74, 6) is 2.20. The van der Waals surface area contributed by atoms with E-state index in [9.17, 15) is 4.79 Å². The molecule has 0 unspecified atom stereocenters. The highest BCUT2D eigenvalue weighted by molar-refractivity contribution is 6.01. The summed E-state index contributed by atoms with van der Waals surface area (Å²) in [5, 5.41) is 0.915. The molecule has 0 radical (unpaired) electrons. The molecule has 0 saturated carbocycles. The molecular formula is C27H31NO5. The molecule has 2 heterocycles. The summed E-state index contributed by atoms with van der Waals surface area (Å²) in [4.78, 5) is 14.8. The van der Waals surface area contributed by atoms with Crippen molar-refractivity contribution in [1.29, 1.82) is 0 Å². The van der Waals surface area contributed by atoms with Gasteiger partial charge in [0, 0.05) is 47.3 Å². The third kappa shape index (κ3) is 4.70. The quantitative estimate of drug-likeness (QED) is 0.418. The van der Waals surface area contributed by atoms with Crippen LogP contribution >= 0.6 is 0 Å². The number of carbonyl (C=O) groups is 1. The second kappa shape index (κ2) is 10.0. The van der Waals surface area contributed by atoms with Crippen LogP contribution in [0.1, 0.15) is 38.7 Å². The minimum absolute atomic E-state index is 0.0524. The molecule has 174 valence electrons. The van der Waals surface area contributed by atoms with Gasteiger partial charge in [0.15, 0.2) is 0 Å². The number of ether oxygens (including phenoxy) is 3. The zero-order chi connectivity index (χ0) is 23.4. The maximum atomic E-state index is 12.9. The van der Waals surface area contributed by atoms with Crippen molar-refractivity contribution in [2.45, 2.75) is 33.1 Å². The van der Waals surface area contributed by atoms with Gasteiger partial charge in [-0.2, -0.15) is 0 Å². The number of benzene rings is 2. The van der Waals surface area contributed by atoms with Crippen molar-refractivity contribution in [2.24, 2.45) is 0 Å². The van der Waals surface area contributed by atoms with Gasteiger partial charge in [-0.15, -0.1) is 0 Å². The van der Waals surface area contributed by atoms with E-state index in [0.29, 0.717) is 17.9 Å². The predicted octanol–water partition coefficient (Wildman–Crippen LogP) is 5.93. The Morgan fingerprint density at radius 2 is 1.82 bits per heavy atom. The van der Waals surface area contributed by atoms with Crippen LogP contribution in [0.2, 0.25) is 0 Å². The number of piperidine rings is 1. The first-order valence-electron chi connectivity index (χ1n) is 11.4. The molecule has 1 aliphatic heterocycles. The van der Waals surface area contributed by atoms with E-state index >= 15 is 0 Å². The molecule has 0 atom stereocenters. The van der Waals surface area contributed by atoms with Crippen LogP contribution in [0.4, 0.5) is 0 Å². The van der Waals surface area contributed by atoms with Crippen LogP contribution < -0.4 is 14.2 Å². The SMILES string of the molecule is CCOc1cc2occ(-c3cc(OC)ccc3OC)c2cc1/C(C)=C/C(=O)N1CCCCC1. The van der Waals surface area contributed by atoms with Gasteiger partial charge in [-0.25, -0.2) is 0 Å². The van der Waals surface area contributed by atoms with Crippen molar-refractivity contribution < 1.29 is 23.4 Å². The fourth-order valence-electron chi connectivity index (χ4n) is 4.34. The number of nitrogens with zero attached hydrogens (tertiary/aromatic N) is 1. The summed E-state index contributed by atoms with van der Waals surface area (Å²) in [6.07, 6.45) is 6.76. The molecule has 1 saturated heterocycles. The Bertz CT molecular complexity index is 1170. The fraction of sp³-hybridized carbons (Fsp3) is 0.370. The molecule has 1 aromatic heterocycles. The number of allylic oxidation sites excluding steroid dienone is 1. The number of methoxy groups -OCH3 is 2. The zero-order valence-electron chi connectivity index (χ0n) is 19.8. The molecule has 0 bridgehead atoms. The first-order chi connectivity index (χ1) is 16.0. The van der Waals surface area contributed by atoms with E-state index in [4.69, 9.17) is 18.6 Å². The van der Waals surface area contributed by atoms with Crippen LogP contribution in [0.25, 0.3) is 27.7 Å². The maximum Gasteiger partial charge on any atom is 0.246 e. The zero-order valence-corrected chi connectivity index (χ0v) is 19.8. The van der Waals surface area contributed by atoms with Crippen LogP contribution in [-0.4, -0.2) is 44.7 Å². The van der Waals surface area contributed by atoms with Crippen molar-refractivity contribution in [2.75, 3.05) is 33.9 Å². The van der Waals surface area contributed by atoms with Gasteiger partial charge >= 0.3 is 0 Å². The third-order valence-corrected chi connectivity index (χ3v) is 6.10. The van der Waals surface area contributed by atoms with Crippen LogP contribution in [0, 0.1) is 0 Å². The lowest BCUT2D eigenvalue weighted by atomic mass is 9.98. The van der Waals surface area contributed by atoms with Crippen molar-refractivity contribution in [3.63, 3.8) is 0 Å². The summed E-state index contributed by atoms with van der Waals surface area (Å²) >= 11 is 0. The van der Waals surface area contributed by atoms with Gasteiger partial charge in [-0.3, -0.25) is 4.79 Å². The molecule has 0 N–H and O–H groups in total. The van der Waals surface area contributed by atoms with Gasteiger partial charge in [0.2, 0.25) is 5.91 Å². The molecule has 6 heteroatoms. The summed E-state index contributed by atoms with van der Waals surface area (Å²) < 4.78 is 22.8. The smallest absolute Gasteiger partial charge is 0.246 e. The molecule has 2 aromatic carbocycles. The average Bonchev–Trinajstić information content (AvgIpc) is 3.26. The van der Waals surface area contributed by atoms with Gasteiger partial charge in [0.1, 0.15) is 22.8 Å². The van der Waals surface area contributed by atoms with Gasteiger partial charge in [0.05, 0.1) is 27.1 Å². The molecular weight excluding hydrogens is 418 g/mol. The molecule has 0 spiro atoms. The maximum absolute atomic E-state index is 12.9. The Kier molecular flexibility index (Phi) is 6.92. The topological polar surface area (TPSA) is 61.1 Å². The Hall–Kier alpha value is -3.41. The van der Waals surface area contributed by atoms with Crippen LogP contribution in [0.15, 0.2) is 47.1 Å². The number of amides is 1. The standard InChI is InChI=1S/C27H31NO5/c1-5-32-25-16-26-22(15-20(25)18(2)13-27(29)28-11-7-6-8-12-28)23(17-33-26)21-14-19(30-3)9-10-24(21)31-4/h9-10,13-17H,5-8,11-12H2,1-4H3/b18-13+. The second-order valence-electron chi connectivity index (χ2n) is 8.21. The third-order valence-electron chi connectivity index (χ3n) is 6.10. The highest BCUT2D eigenvalue weighted by atomic mass is 16.5. The van der Waals surface area contributed by atoms with E-state index < -0.39 is 0 Å². The number of rotatable bonds is 7. The van der Waals surface area contributed by atoms with Crippen molar-refractivity contribution in [1.82, 2.24) is 4.90 Å². The van der Waals surface area contributed by atoms with E-state index in [-0.39, 0.29) is 5.91 Å². The predicted molar refractivity (Wildman–Crippen MR) is 130 cm³/mol. The van der Waals surface area contributed by atoms with E-state index in [1.165, 1.54) is 6.42 Å². The summed E-state index contributed by atoms with van der Waals surface area (Å²) in [6, 6.07) is 9.61. The number of fused-ring (bicyclic) bond motifs is 1. The Morgan fingerprint density at radius 3 is 2.52 bits per heavy atom. The first-order valence-corrected chi connectivity index (χ1v) is 11.4. The van der Waals surface area contributed by atoms with Gasteiger partial charge in [-0.05, 0) is 62.9 Å². The first kappa shape index (κ1) is 22.8. The lowest BCUT2D eigenvalue weighted by molar-refractivity contribution is -0.126. The number of likely N-dealkylation sites (tertiary alicyclic amines) is 1. The highest BCUT2D eigenvalue weighted by Crippen LogP contribution is 2.41. The number of hydrogen-bond acceptors (Lipinski definition) is 5. The van der Waals surface area contributed by atoms with Crippen LogP contribution in [0.5, 0.6) is 17.2 Å². The van der Waals surface area contributed by atoms with Crippen molar-refractivity contribution >= 4 is 22.4 Å². The lowest BCUT2D eigenvalue weighted by Gasteiger charge is -2.25. The highest BCUT2D eigenvalue weighted by Gasteiger charge is 2.19.